The fraction of sp³-hybridized carbons (Fsp3) is 0.632. The second-order valence-electron chi connectivity index (χ2n) is 7.15. The van der Waals surface area contributed by atoms with Gasteiger partial charge < -0.3 is 10.2 Å². The second-order valence-corrected chi connectivity index (χ2v) is 7.15. The van der Waals surface area contributed by atoms with Gasteiger partial charge >= 0.3 is 6.18 Å². The van der Waals surface area contributed by atoms with Crippen LogP contribution in [0.1, 0.15) is 43.4 Å². The number of carbonyl (C=O) groups excluding carboxylic acids is 1. The quantitative estimate of drug-likeness (QED) is 0.837. The van der Waals surface area contributed by atoms with Gasteiger partial charge in [0.15, 0.2) is 0 Å². The highest BCUT2D eigenvalue weighted by Gasteiger charge is 2.35. The highest BCUT2D eigenvalue weighted by molar-refractivity contribution is 5.76. The van der Waals surface area contributed by atoms with E-state index in [-0.39, 0.29) is 11.9 Å². The normalized spacial score (nSPS) is 19.7. The highest BCUT2D eigenvalue weighted by Crippen LogP contribution is 2.36. The molecular formula is C19H26F3N3O. The van der Waals surface area contributed by atoms with Crippen molar-refractivity contribution in [3.05, 3.63) is 35.4 Å². The molecule has 0 spiro atoms. The van der Waals surface area contributed by atoms with E-state index in [1.54, 1.807) is 6.07 Å². The molecule has 0 aromatic heterocycles. The average Bonchev–Trinajstić information content (AvgIpc) is 3.47. The minimum absolute atomic E-state index is 0.133. The molecule has 1 atom stereocenters. The first-order valence-electron chi connectivity index (χ1n) is 9.27. The Morgan fingerprint density at radius 2 is 2.00 bits per heavy atom. The third-order valence-electron chi connectivity index (χ3n) is 5.26. The van der Waals surface area contributed by atoms with Crippen molar-refractivity contribution in [3.63, 3.8) is 0 Å². The first kappa shape index (κ1) is 19.2. The van der Waals surface area contributed by atoms with Gasteiger partial charge in [-0.25, -0.2) is 0 Å². The van der Waals surface area contributed by atoms with Crippen molar-refractivity contribution < 1.29 is 18.0 Å². The maximum atomic E-state index is 13.0. The Morgan fingerprint density at radius 1 is 1.31 bits per heavy atom. The zero-order valence-electron chi connectivity index (χ0n) is 15.1. The number of benzene rings is 1. The molecule has 1 N–H and O–H groups in total. The smallest absolute Gasteiger partial charge is 0.340 e. The van der Waals surface area contributed by atoms with Gasteiger partial charge in [-0.3, -0.25) is 9.69 Å². The summed E-state index contributed by atoms with van der Waals surface area (Å²) < 4.78 is 39.0. The van der Waals surface area contributed by atoms with E-state index in [2.05, 4.69) is 10.2 Å². The summed E-state index contributed by atoms with van der Waals surface area (Å²) in [6.07, 6.45) is -1.82. The Hall–Kier alpha value is -1.60. The predicted octanol–water partition coefficient (Wildman–Crippen LogP) is 3.05. The molecule has 3 rings (SSSR count). The van der Waals surface area contributed by atoms with Gasteiger partial charge in [-0.2, -0.15) is 13.2 Å². The van der Waals surface area contributed by atoms with Gasteiger partial charge in [0.05, 0.1) is 5.56 Å². The molecular weight excluding hydrogens is 343 g/mol. The minimum atomic E-state index is -4.33. The van der Waals surface area contributed by atoms with Gasteiger partial charge in [0.25, 0.3) is 0 Å². The standard InChI is InChI=1S/C19H26F3N3O/c1-14(15-3-2-4-16(13-15)19(20,21)22)25(17-5-6-17)10-7-18(26)24-11-8-23-9-12-24/h2-4,13-14,17,23H,5-12H2,1H3. The molecule has 0 radical (unpaired) electrons. The molecule has 1 aliphatic heterocycles. The summed E-state index contributed by atoms with van der Waals surface area (Å²) in [5.74, 6) is 0.133. The summed E-state index contributed by atoms with van der Waals surface area (Å²) in [5, 5.41) is 3.22. The van der Waals surface area contributed by atoms with E-state index in [4.69, 9.17) is 0 Å². The number of rotatable bonds is 6. The summed E-state index contributed by atoms with van der Waals surface area (Å²) in [6.45, 7) is 5.61. The lowest BCUT2D eigenvalue weighted by atomic mass is 10.0. The molecule has 144 valence electrons. The lowest BCUT2D eigenvalue weighted by Crippen LogP contribution is -2.47. The van der Waals surface area contributed by atoms with Crippen molar-refractivity contribution in [2.45, 2.75) is 44.4 Å². The predicted molar refractivity (Wildman–Crippen MR) is 93.7 cm³/mol. The van der Waals surface area contributed by atoms with Crippen LogP contribution in [0.5, 0.6) is 0 Å². The van der Waals surface area contributed by atoms with Gasteiger partial charge in [-0.1, -0.05) is 12.1 Å². The number of piperazine rings is 1. The van der Waals surface area contributed by atoms with E-state index in [0.29, 0.717) is 24.6 Å². The van der Waals surface area contributed by atoms with E-state index >= 15 is 0 Å². The van der Waals surface area contributed by atoms with Crippen molar-refractivity contribution in [1.29, 1.82) is 0 Å². The van der Waals surface area contributed by atoms with Crippen LogP contribution in [0.4, 0.5) is 13.2 Å². The third-order valence-corrected chi connectivity index (χ3v) is 5.26. The number of hydrogen-bond acceptors (Lipinski definition) is 3. The highest BCUT2D eigenvalue weighted by atomic mass is 19.4. The van der Waals surface area contributed by atoms with Crippen molar-refractivity contribution in [2.75, 3.05) is 32.7 Å². The summed E-state index contributed by atoms with van der Waals surface area (Å²) in [7, 11) is 0. The number of nitrogens with one attached hydrogen (secondary N) is 1. The lowest BCUT2D eigenvalue weighted by Gasteiger charge is -2.32. The average molecular weight is 369 g/mol. The number of nitrogens with zero attached hydrogens (tertiary/aromatic N) is 2. The van der Waals surface area contributed by atoms with Gasteiger partial charge in [0, 0.05) is 51.2 Å². The summed E-state index contributed by atoms with van der Waals surface area (Å²) in [4.78, 5) is 16.5. The molecule has 7 heteroatoms. The number of alkyl halides is 3. The zero-order valence-corrected chi connectivity index (χ0v) is 15.1. The van der Waals surface area contributed by atoms with E-state index < -0.39 is 11.7 Å². The molecule has 0 bridgehead atoms. The van der Waals surface area contributed by atoms with Gasteiger partial charge in [-0.05, 0) is 37.5 Å². The summed E-state index contributed by atoms with van der Waals surface area (Å²) >= 11 is 0. The van der Waals surface area contributed by atoms with Gasteiger partial charge in [0.2, 0.25) is 5.91 Å². The molecule has 1 aromatic carbocycles. The first-order valence-corrected chi connectivity index (χ1v) is 9.27. The van der Waals surface area contributed by atoms with Crippen LogP contribution >= 0.6 is 0 Å². The molecule has 4 nitrogen and oxygen atoms in total. The van der Waals surface area contributed by atoms with Crippen LogP contribution < -0.4 is 5.32 Å². The van der Waals surface area contributed by atoms with Crippen molar-refractivity contribution in [3.8, 4) is 0 Å². The molecule has 1 amide bonds. The number of carbonyl (C=O) groups is 1. The van der Waals surface area contributed by atoms with E-state index in [9.17, 15) is 18.0 Å². The number of halogens is 3. The molecule has 26 heavy (non-hydrogen) atoms. The van der Waals surface area contributed by atoms with Crippen LogP contribution in [0.25, 0.3) is 0 Å². The minimum Gasteiger partial charge on any atom is -0.340 e. The SMILES string of the molecule is CC(c1cccc(C(F)(F)F)c1)N(CCC(=O)N1CCNCC1)C1CC1. The fourth-order valence-electron chi connectivity index (χ4n) is 3.56. The van der Waals surface area contributed by atoms with Gasteiger partial charge in [0.1, 0.15) is 0 Å². The largest absolute Gasteiger partial charge is 0.416 e. The van der Waals surface area contributed by atoms with Crippen LogP contribution in [0.3, 0.4) is 0 Å². The van der Waals surface area contributed by atoms with Crippen molar-refractivity contribution >= 4 is 5.91 Å². The third kappa shape index (κ3) is 4.76. The van der Waals surface area contributed by atoms with Crippen molar-refractivity contribution in [1.82, 2.24) is 15.1 Å². The Labute approximate surface area is 152 Å². The summed E-state index contributed by atoms with van der Waals surface area (Å²) in [6, 6.07) is 5.78. The number of hydrogen-bond donors (Lipinski definition) is 1. The topological polar surface area (TPSA) is 35.6 Å². The molecule has 2 aliphatic rings. The fourth-order valence-corrected chi connectivity index (χ4v) is 3.56. The van der Waals surface area contributed by atoms with E-state index in [1.165, 1.54) is 12.1 Å². The molecule has 1 aromatic rings. The molecule has 2 fully saturated rings. The van der Waals surface area contributed by atoms with E-state index in [0.717, 1.165) is 45.1 Å². The Bertz CT molecular complexity index is 625. The summed E-state index contributed by atoms with van der Waals surface area (Å²) in [5.41, 5.74) is 0.0378. The van der Waals surface area contributed by atoms with Crippen LogP contribution in [-0.2, 0) is 11.0 Å². The maximum absolute atomic E-state index is 13.0. The van der Waals surface area contributed by atoms with Crippen LogP contribution in [0.2, 0.25) is 0 Å². The second kappa shape index (κ2) is 7.96. The molecule has 1 heterocycles. The Balaban J connectivity index is 1.65. The molecule has 1 saturated heterocycles. The Kier molecular flexibility index (Phi) is 5.87. The molecule has 1 aliphatic carbocycles. The maximum Gasteiger partial charge on any atom is 0.416 e. The van der Waals surface area contributed by atoms with Crippen LogP contribution in [-0.4, -0.2) is 54.5 Å². The Morgan fingerprint density at radius 3 is 2.62 bits per heavy atom. The zero-order chi connectivity index (χ0) is 18.7. The first-order chi connectivity index (χ1) is 12.4. The molecule has 1 unspecified atom stereocenters. The van der Waals surface area contributed by atoms with Crippen molar-refractivity contribution in [2.24, 2.45) is 0 Å². The molecule has 1 saturated carbocycles. The number of amides is 1. The van der Waals surface area contributed by atoms with Crippen LogP contribution in [0, 0.1) is 0 Å². The van der Waals surface area contributed by atoms with E-state index in [1.807, 2.05) is 11.8 Å². The lowest BCUT2D eigenvalue weighted by molar-refractivity contribution is -0.137. The monoisotopic (exact) mass is 369 g/mol. The van der Waals surface area contributed by atoms with Gasteiger partial charge in [-0.15, -0.1) is 0 Å². The van der Waals surface area contributed by atoms with Crippen LogP contribution in [0.15, 0.2) is 24.3 Å².